The van der Waals surface area contributed by atoms with Crippen molar-refractivity contribution in [2.75, 3.05) is 26.7 Å². The Morgan fingerprint density at radius 2 is 2.03 bits per heavy atom. The fraction of sp³-hybridized carbons (Fsp3) is 0.600. The molecule has 0 saturated carbocycles. The second-order valence-electron chi connectivity index (χ2n) is 7.48. The minimum absolute atomic E-state index is 0.0656. The van der Waals surface area contributed by atoms with E-state index >= 15 is 0 Å². The highest BCUT2D eigenvalue weighted by molar-refractivity contribution is 7.20. The Bertz CT molecular complexity index is 975. The number of rotatable bonds is 5. The van der Waals surface area contributed by atoms with Crippen LogP contribution in [0.2, 0.25) is 0 Å². The van der Waals surface area contributed by atoms with Gasteiger partial charge in [-0.2, -0.15) is 0 Å². The minimum Gasteiger partial charge on any atom is -0.462 e. The highest BCUT2D eigenvalue weighted by atomic mass is 32.1. The number of piperidine rings is 1. The number of esters is 1. The molecule has 0 aliphatic carbocycles. The molecule has 0 bridgehead atoms. The number of hydrogen-bond donors (Lipinski definition) is 1. The van der Waals surface area contributed by atoms with Gasteiger partial charge in [0, 0.05) is 33.1 Å². The zero-order chi connectivity index (χ0) is 21.3. The number of nitrogens with one attached hydrogen (secondary N) is 1. The van der Waals surface area contributed by atoms with Crippen molar-refractivity contribution in [2.45, 2.75) is 52.6 Å². The highest BCUT2D eigenvalue weighted by Gasteiger charge is 2.28. The number of H-pyrrole nitrogens is 1. The molecule has 8 nitrogen and oxygen atoms in total. The van der Waals surface area contributed by atoms with Crippen molar-refractivity contribution in [3.05, 3.63) is 26.6 Å². The van der Waals surface area contributed by atoms with E-state index in [0.29, 0.717) is 26.5 Å². The fourth-order valence-electron chi connectivity index (χ4n) is 3.84. The van der Waals surface area contributed by atoms with Crippen LogP contribution in [0.15, 0.2) is 4.79 Å². The monoisotopic (exact) mass is 420 g/mol. The van der Waals surface area contributed by atoms with Crippen molar-refractivity contribution in [3.8, 4) is 0 Å². The number of likely N-dealkylation sites (tertiary alicyclic amines) is 1. The molecule has 2 aromatic heterocycles. The summed E-state index contributed by atoms with van der Waals surface area (Å²) in [4.78, 5) is 49.1. The Labute approximate surface area is 173 Å². The highest BCUT2D eigenvalue weighted by Crippen LogP contribution is 2.30. The number of fused-ring (bicyclic) bond motifs is 1. The Hall–Kier alpha value is -2.26. The van der Waals surface area contributed by atoms with Crippen LogP contribution in [0.5, 0.6) is 0 Å². The van der Waals surface area contributed by atoms with Gasteiger partial charge in [-0.05, 0) is 39.2 Å². The average Bonchev–Trinajstić information content (AvgIpc) is 3.04. The number of thiophene rings is 1. The van der Waals surface area contributed by atoms with Gasteiger partial charge in [-0.1, -0.05) is 0 Å². The SMILES string of the molecule is CCOC(=O)c1sc2nc(C(C)N3CCC(N(C)C(C)=O)CC3)[nH]c(=O)c2c1C. The lowest BCUT2D eigenvalue weighted by Gasteiger charge is -2.38. The predicted octanol–water partition coefficient (Wildman–Crippen LogP) is 2.47. The van der Waals surface area contributed by atoms with E-state index in [9.17, 15) is 14.4 Å². The van der Waals surface area contributed by atoms with Crippen LogP contribution < -0.4 is 5.56 Å². The lowest BCUT2D eigenvalue weighted by molar-refractivity contribution is -0.130. The van der Waals surface area contributed by atoms with Crippen molar-refractivity contribution in [3.63, 3.8) is 0 Å². The Morgan fingerprint density at radius 1 is 1.38 bits per heavy atom. The van der Waals surface area contributed by atoms with Crippen molar-refractivity contribution < 1.29 is 14.3 Å². The molecule has 158 valence electrons. The Balaban J connectivity index is 1.82. The lowest BCUT2D eigenvalue weighted by atomic mass is 10.0. The molecule has 0 spiro atoms. The van der Waals surface area contributed by atoms with Crippen molar-refractivity contribution in [1.82, 2.24) is 19.8 Å². The topological polar surface area (TPSA) is 95.6 Å². The molecule has 1 aliphatic heterocycles. The van der Waals surface area contributed by atoms with Gasteiger partial charge < -0.3 is 14.6 Å². The molecule has 1 aliphatic rings. The second kappa shape index (κ2) is 8.62. The van der Waals surface area contributed by atoms with Gasteiger partial charge in [-0.3, -0.25) is 14.5 Å². The first kappa shape index (κ1) is 21.4. The van der Waals surface area contributed by atoms with E-state index in [1.165, 1.54) is 11.3 Å². The van der Waals surface area contributed by atoms with Crippen molar-refractivity contribution in [1.29, 1.82) is 0 Å². The number of ether oxygens (including phenoxy) is 1. The third kappa shape index (κ3) is 4.20. The van der Waals surface area contributed by atoms with Crippen LogP contribution in [-0.2, 0) is 9.53 Å². The molecule has 29 heavy (non-hydrogen) atoms. The van der Waals surface area contributed by atoms with E-state index in [1.54, 1.807) is 25.7 Å². The number of carbonyl (C=O) groups excluding carboxylic acids is 2. The number of hydrogen-bond acceptors (Lipinski definition) is 7. The summed E-state index contributed by atoms with van der Waals surface area (Å²) < 4.78 is 5.09. The van der Waals surface area contributed by atoms with Crippen LogP contribution in [0.4, 0.5) is 0 Å². The summed E-state index contributed by atoms with van der Waals surface area (Å²) in [5.74, 6) is 0.259. The second-order valence-corrected chi connectivity index (χ2v) is 8.48. The zero-order valence-electron chi connectivity index (χ0n) is 17.6. The minimum atomic E-state index is -0.418. The van der Waals surface area contributed by atoms with Crippen LogP contribution in [0.25, 0.3) is 10.2 Å². The first-order valence-electron chi connectivity index (χ1n) is 9.92. The number of carbonyl (C=O) groups is 2. The van der Waals surface area contributed by atoms with Gasteiger partial charge in [0.25, 0.3) is 5.56 Å². The van der Waals surface area contributed by atoms with E-state index in [2.05, 4.69) is 14.9 Å². The molecule has 1 unspecified atom stereocenters. The van der Waals surface area contributed by atoms with Crippen molar-refractivity contribution in [2.24, 2.45) is 0 Å². The molecule has 1 amide bonds. The first-order chi connectivity index (χ1) is 13.7. The molecule has 1 saturated heterocycles. The van der Waals surface area contributed by atoms with Gasteiger partial charge >= 0.3 is 5.97 Å². The summed E-state index contributed by atoms with van der Waals surface area (Å²) in [5.41, 5.74) is 0.386. The molecule has 3 heterocycles. The standard InChI is InChI=1S/C20H28N4O4S/c1-6-28-20(27)16-11(2)15-18(26)21-17(22-19(15)29-16)12(3)24-9-7-14(8-10-24)23(5)13(4)25/h12,14H,6-10H2,1-5H3,(H,21,22,26). The maximum absolute atomic E-state index is 12.7. The summed E-state index contributed by atoms with van der Waals surface area (Å²) in [6.07, 6.45) is 1.77. The average molecular weight is 421 g/mol. The number of nitrogens with zero attached hydrogens (tertiary/aromatic N) is 3. The quantitative estimate of drug-likeness (QED) is 0.747. The molecule has 2 aromatic rings. The third-order valence-electron chi connectivity index (χ3n) is 5.77. The van der Waals surface area contributed by atoms with Gasteiger partial charge in [0.15, 0.2) is 0 Å². The summed E-state index contributed by atoms with van der Waals surface area (Å²) in [6.45, 7) is 9.04. The largest absolute Gasteiger partial charge is 0.462 e. The molecule has 1 N–H and O–H groups in total. The zero-order valence-corrected chi connectivity index (χ0v) is 18.4. The van der Waals surface area contributed by atoms with E-state index in [4.69, 9.17) is 4.74 Å². The summed E-state index contributed by atoms with van der Waals surface area (Å²) in [7, 11) is 1.85. The molecule has 9 heteroatoms. The number of amides is 1. The molecule has 0 radical (unpaired) electrons. The van der Waals surface area contributed by atoms with Crippen LogP contribution in [0.3, 0.4) is 0 Å². The van der Waals surface area contributed by atoms with E-state index in [-0.39, 0.29) is 30.2 Å². The predicted molar refractivity (Wildman–Crippen MR) is 112 cm³/mol. The van der Waals surface area contributed by atoms with Crippen LogP contribution in [-0.4, -0.2) is 64.4 Å². The maximum atomic E-state index is 12.7. The normalized spacial score (nSPS) is 16.7. The van der Waals surface area contributed by atoms with E-state index < -0.39 is 5.97 Å². The smallest absolute Gasteiger partial charge is 0.348 e. The molecule has 3 rings (SSSR count). The summed E-state index contributed by atoms with van der Waals surface area (Å²) in [5, 5.41) is 0.454. The van der Waals surface area contributed by atoms with E-state index in [0.717, 1.165) is 25.9 Å². The maximum Gasteiger partial charge on any atom is 0.348 e. The van der Waals surface area contributed by atoms with Gasteiger partial charge in [-0.15, -0.1) is 11.3 Å². The summed E-state index contributed by atoms with van der Waals surface area (Å²) >= 11 is 1.20. The van der Waals surface area contributed by atoms with Crippen molar-refractivity contribution >= 4 is 33.4 Å². The summed E-state index contributed by atoms with van der Waals surface area (Å²) in [6, 6.07) is 0.182. The lowest BCUT2D eigenvalue weighted by Crippen LogP contribution is -2.45. The molecule has 1 atom stereocenters. The van der Waals surface area contributed by atoms with Gasteiger partial charge in [0.1, 0.15) is 15.5 Å². The van der Waals surface area contributed by atoms with Crippen LogP contribution in [0, 0.1) is 6.92 Å². The molecular weight excluding hydrogens is 392 g/mol. The molecule has 1 fully saturated rings. The third-order valence-corrected chi connectivity index (χ3v) is 6.93. The van der Waals surface area contributed by atoms with Crippen LogP contribution >= 0.6 is 11.3 Å². The van der Waals surface area contributed by atoms with Gasteiger partial charge in [-0.25, -0.2) is 9.78 Å². The van der Waals surface area contributed by atoms with Gasteiger partial charge in [0.2, 0.25) is 5.91 Å². The number of aryl methyl sites for hydroxylation is 1. The first-order valence-corrected chi connectivity index (χ1v) is 10.7. The van der Waals surface area contributed by atoms with E-state index in [1.807, 2.05) is 14.0 Å². The van der Waals surface area contributed by atoms with Crippen LogP contribution in [0.1, 0.15) is 60.7 Å². The fourth-order valence-corrected chi connectivity index (χ4v) is 4.92. The number of aromatic amines is 1. The molecule has 0 aromatic carbocycles. The number of aromatic nitrogens is 2. The Morgan fingerprint density at radius 3 is 2.62 bits per heavy atom. The van der Waals surface area contributed by atoms with Gasteiger partial charge in [0.05, 0.1) is 18.0 Å². The molecular formula is C20H28N4O4S. The Kier molecular flexibility index (Phi) is 6.38.